The van der Waals surface area contributed by atoms with Gasteiger partial charge >= 0.3 is 0 Å². The first-order chi connectivity index (χ1) is 7.29. The molecule has 0 aliphatic rings. The molecule has 0 nitrogen and oxygen atoms in total. The molecule has 15 heavy (non-hydrogen) atoms. The molecule has 0 bridgehead atoms. The van der Waals surface area contributed by atoms with Gasteiger partial charge in [-0.3, -0.25) is 0 Å². The van der Waals surface area contributed by atoms with Gasteiger partial charge in [0.25, 0.3) is 0 Å². The lowest BCUT2D eigenvalue weighted by molar-refractivity contribution is 1.50. The predicted octanol–water partition coefficient (Wildman–Crippen LogP) is 4.86. The molecule has 1 aromatic carbocycles. The molecule has 0 heteroatoms. The van der Waals surface area contributed by atoms with Crippen molar-refractivity contribution >= 4 is 5.57 Å². The topological polar surface area (TPSA) is 0 Å². The van der Waals surface area contributed by atoms with Crippen LogP contribution >= 0.6 is 0 Å². The molecule has 0 aliphatic carbocycles. The summed E-state index contributed by atoms with van der Waals surface area (Å²) in [7, 11) is 0. The van der Waals surface area contributed by atoms with E-state index in [9.17, 15) is 0 Å². The minimum atomic E-state index is 1.15. The van der Waals surface area contributed by atoms with E-state index in [0.29, 0.717) is 0 Å². The number of hydrogen-bond donors (Lipinski definition) is 0. The Morgan fingerprint density at radius 2 is 1.53 bits per heavy atom. The molecule has 80 valence electrons. The quantitative estimate of drug-likeness (QED) is 0.611. The third kappa shape index (κ3) is 3.99. The van der Waals surface area contributed by atoms with Gasteiger partial charge in [-0.25, -0.2) is 0 Å². The zero-order valence-corrected chi connectivity index (χ0v) is 9.96. The first kappa shape index (κ1) is 13.4. The van der Waals surface area contributed by atoms with E-state index in [1.54, 1.807) is 0 Å². The number of allylic oxidation sites excluding steroid dienone is 4. The Morgan fingerprint density at radius 3 is 1.93 bits per heavy atom. The van der Waals surface area contributed by atoms with E-state index < -0.39 is 0 Å². The van der Waals surface area contributed by atoms with Crippen LogP contribution in [0.4, 0.5) is 0 Å². The molecular formula is C15H20. The molecule has 0 heterocycles. The monoisotopic (exact) mass is 200 g/mol. The maximum atomic E-state index is 3.80. The molecule has 0 aromatic heterocycles. The van der Waals surface area contributed by atoms with Crippen molar-refractivity contribution in [2.24, 2.45) is 0 Å². The van der Waals surface area contributed by atoms with Crippen LogP contribution in [0.5, 0.6) is 0 Å². The molecule has 0 spiro atoms. The van der Waals surface area contributed by atoms with Crippen LogP contribution in [0.3, 0.4) is 0 Å². The van der Waals surface area contributed by atoms with Gasteiger partial charge in [-0.05, 0) is 23.6 Å². The molecule has 0 saturated heterocycles. The van der Waals surface area contributed by atoms with Gasteiger partial charge in [0.1, 0.15) is 0 Å². The second-order valence-electron chi connectivity index (χ2n) is 2.87. The van der Waals surface area contributed by atoms with Crippen molar-refractivity contribution < 1.29 is 0 Å². The highest BCUT2D eigenvalue weighted by atomic mass is 14.0. The number of hydrogen-bond acceptors (Lipinski definition) is 0. The van der Waals surface area contributed by atoms with Crippen LogP contribution in [-0.4, -0.2) is 0 Å². The van der Waals surface area contributed by atoms with Crippen LogP contribution in [0.25, 0.3) is 5.57 Å². The third-order valence-electron chi connectivity index (χ3n) is 2.02. The molecule has 0 unspecified atom stereocenters. The van der Waals surface area contributed by atoms with E-state index in [4.69, 9.17) is 0 Å². The average molecular weight is 200 g/mol. The van der Waals surface area contributed by atoms with Crippen molar-refractivity contribution in [2.75, 3.05) is 0 Å². The number of benzene rings is 1. The Hall–Kier alpha value is -1.56. The minimum absolute atomic E-state index is 1.15. The molecule has 0 radical (unpaired) electrons. The summed E-state index contributed by atoms with van der Waals surface area (Å²) in [5.74, 6) is 0. The van der Waals surface area contributed by atoms with Crippen molar-refractivity contribution in [3.63, 3.8) is 0 Å². The summed E-state index contributed by atoms with van der Waals surface area (Å²) in [5, 5.41) is 0. The normalized spacial score (nSPS) is 10.6. The second-order valence-corrected chi connectivity index (χ2v) is 2.87. The van der Waals surface area contributed by atoms with Gasteiger partial charge in [-0.15, -0.1) is 0 Å². The number of rotatable bonds is 3. The molecular weight excluding hydrogens is 180 g/mol. The fraction of sp³-hybridized carbons (Fsp3) is 0.200. The van der Waals surface area contributed by atoms with E-state index in [1.807, 2.05) is 51.1 Å². The molecule has 0 atom stereocenters. The Balaban J connectivity index is 0.000000921. The summed E-state index contributed by atoms with van der Waals surface area (Å²) < 4.78 is 0. The van der Waals surface area contributed by atoms with E-state index in [1.165, 1.54) is 5.56 Å². The lowest BCUT2D eigenvalue weighted by Crippen LogP contribution is -1.82. The molecule has 0 saturated carbocycles. The van der Waals surface area contributed by atoms with Crippen molar-refractivity contribution in [1.82, 2.24) is 0 Å². The van der Waals surface area contributed by atoms with Crippen LogP contribution in [0.15, 0.2) is 61.2 Å². The van der Waals surface area contributed by atoms with Gasteiger partial charge in [-0.1, -0.05) is 69.5 Å². The highest BCUT2D eigenvalue weighted by Gasteiger charge is 1.97. The molecule has 0 aliphatic heterocycles. The van der Waals surface area contributed by atoms with Gasteiger partial charge in [0.2, 0.25) is 0 Å². The van der Waals surface area contributed by atoms with Crippen LogP contribution < -0.4 is 0 Å². The third-order valence-corrected chi connectivity index (χ3v) is 2.02. The maximum Gasteiger partial charge on any atom is -0.0161 e. The van der Waals surface area contributed by atoms with Crippen LogP contribution in [0.1, 0.15) is 26.3 Å². The van der Waals surface area contributed by atoms with Crippen LogP contribution in [0.2, 0.25) is 0 Å². The summed E-state index contributed by atoms with van der Waals surface area (Å²) in [5.41, 5.74) is 3.49. The molecule has 1 aromatic rings. The van der Waals surface area contributed by atoms with E-state index in [0.717, 1.165) is 11.1 Å². The smallest absolute Gasteiger partial charge is 0.0161 e. The predicted molar refractivity (Wildman–Crippen MR) is 70.8 cm³/mol. The standard InChI is InChI=1S/C13H14.C2H6/c1-4-11(3)13(5-2)12-9-7-6-8-10-12;1-2/h4-10H,1-2H2,3H3;1-2H3/b13-11+;. The molecule has 0 N–H and O–H groups in total. The maximum absolute atomic E-state index is 3.80. The highest BCUT2D eigenvalue weighted by molar-refractivity contribution is 5.77. The lowest BCUT2D eigenvalue weighted by atomic mass is 10.0. The van der Waals surface area contributed by atoms with Crippen molar-refractivity contribution in [1.29, 1.82) is 0 Å². The highest BCUT2D eigenvalue weighted by Crippen LogP contribution is 2.19. The molecule has 0 fully saturated rings. The minimum Gasteiger partial charge on any atom is -0.0988 e. The lowest BCUT2D eigenvalue weighted by Gasteiger charge is -2.04. The van der Waals surface area contributed by atoms with E-state index >= 15 is 0 Å². The zero-order chi connectivity index (χ0) is 11.7. The zero-order valence-electron chi connectivity index (χ0n) is 9.96. The largest absolute Gasteiger partial charge is 0.0988 e. The van der Waals surface area contributed by atoms with Gasteiger partial charge < -0.3 is 0 Å². The summed E-state index contributed by atoms with van der Waals surface area (Å²) in [6, 6.07) is 10.2. The summed E-state index contributed by atoms with van der Waals surface area (Å²) in [6.45, 7) is 13.6. The van der Waals surface area contributed by atoms with Gasteiger partial charge in [0.05, 0.1) is 0 Å². The van der Waals surface area contributed by atoms with Crippen LogP contribution in [0, 0.1) is 0 Å². The fourth-order valence-corrected chi connectivity index (χ4v) is 1.23. The Morgan fingerprint density at radius 1 is 1.00 bits per heavy atom. The van der Waals surface area contributed by atoms with Gasteiger partial charge in [-0.2, -0.15) is 0 Å². The molecule has 1 rings (SSSR count). The van der Waals surface area contributed by atoms with Crippen molar-refractivity contribution in [2.45, 2.75) is 20.8 Å². The Kier molecular flexibility index (Phi) is 7.00. The average Bonchev–Trinajstić information content (AvgIpc) is 2.33. The van der Waals surface area contributed by atoms with Crippen LogP contribution in [-0.2, 0) is 0 Å². The fourth-order valence-electron chi connectivity index (χ4n) is 1.23. The van der Waals surface area contributed by atoms with Crippen molar-refractivity contribution in [3.8, 4) is 0 Å². The van der Waals surface area contributed by atoms with E-state index in [2.05, 4.69) is 25.3 Å². The summed E-state index contributed by atoms with van der Waals surface area (Å²) in [6.07, 6.45) is 3.72. The first-order valence-electron chi connectivity index (χ1n) is 5.30. The summed E-state index contributed by atoms with van der Waals surface area (Å²) in [4.78, 5) is 0. The second kappa shape index (κ2) is 7.81. The Bertz CT molecular complexity index is 328. The SMILES string of the molecule is C=C/C(C)=C(\C=C)c1ccccc1.CC. The molecule has 0 amide bonds. The van der Waals surface area contributed by atoms with Crippen molar-refractivity contribution in [3.05, 3.63) is 66.8 Å². The van der Waals surface area contributed by atoms with E-state index in [-0.39, 0.29) is 0 Å². The van der Waals surface area contributed by atoms with Gasteiger partial charge in [0.15, 0.2) is 0 Å². The first-order valence-corrected chi connectivity index (χ1v) is 5.30. The Labute approximate surface area is 93.7 Å². The van der Waals surface area contributed by atoms with Gasteiger partial charge in [0, 0.05) is 0 Å². The summed E-state index contributed by atoms with van der Waals surface area (Å²) >= 11 is 0.